The summed E-state index contributed by atoms with van der Waals surface area (Å²) >= 11 is 0. The molecule has 1 aliphatic heterocycles. The Kier molecular flexibility index (Phi) is 7.54. The molecule has 2 aromatic rings. The first-order valence-corrected chi connectivity index (χ1v) is 12.1. The summed E-state index contributed by atoms with van der Waals surface area (Å²) in [5, 5.41) is 10.4. The molecule has 2 heterocycles. The molecule has 1 saturated carbocycles. The molecule has 1 spiro atoms. The molecule has 5 rings (SSSR count). The number of hydrogen-bond donors (Lipinski definition) is 2. The lowest BCUT2D eigenvalue weighted by Crippen LogP contribution is -2.41. The van der Waals surface area contributed by atoms with Crippen molar-refractivity contribution in [3.05, 3.63) is 59.5 Å². The SMILES string of the molecule is O=C(CC1CC2(CCN(Cc3ccco3)CC2)c2ccccc21)NC1CCC1.O=C(O)C(F)(F)F. The van der Waals surface area contributed by atoms with Crippen LogP contribution < -0.4 is 5.32 Å². The molecule has 1 saturated heterocycles. The average molecular weight is 493 g/mol. The lowest BCUT2D eigenvalue weighted by Gasteiger charge is -2.40. The lowest BCUT2D eigenvalue weighted by atomic mass is 9.73. The number of carbonyl (C=O) groups excluding carboxylic acids is 1. The van der Waals surface area contributed by atoms with Gasteiger partial charge >= 0.3 is 12.1 Å². The first-order chi connectivity index (χ1) is 16.7. The van der Waals surface area contributed by atoms with Crippen LogP contribution in [0, 0.1) is 0 Å². The number of alkyl halides is 3. The number of amides is 1. The Labute approximate surface area is 202 Å². The van der Waals surface area contributed by atoms with E-state index in [1.165, 1.54) is 30.4 Å². The van der Waals surface area contributed by atoms with E-state index in [2.05, 4.69) is 40.5 Å². The van der Waals surface area contributed by atoms with Crippen LogP contribution in [0.4, 0.5) is 13.2 Å². The second-order valence-electron chi connectivity index (χ2n) is 9.83. The largest absolute Gasteiger partial charge is 0.490 e. The van der Waals surface area contributed by atoms with Crippen molar-refractivity contribution in [1.29, 1.82) is 0 Å². The number of fused-ring (bicyclic) bond motifs is 2. The van der Waals surface area contributed by atoms with Gasteiger partial charge in [-0.15, -0.1) is 0 Å². The molecule has 2 aliphatic carbocycles. The smallest absolute Gasteiger partial charge is 0.475 e. The number of furan rings is 1. The Hall–Kier alpha value is -2.81. The number of halogens is 3. The van der Waals surface area contributed by atoms with Gasteiger partial charge in [0.15, 0.2) is 0 Å². The molecule has 0 bridgehead atoms. The van der Waals surface area contributed by atoms with Gasteiger partial charge < -0.3 is 14.8 Å². The zero-order chi connectivity index (χ0) is 25.1. The molecule has 2 fully saturated rings. The summed E-state index contributed by atoms with van der Waals surface area (Å²) in [6, 6.07) is 13.4. The highest BCUT2D eigenvalue weighted by Gasteiger charge is 2.45. The highest BCUT2D eigenvalue weighted by atomic mass is 19.4. The summed E-state index contributed by atoms with van der Waals surface area (Å²) in [6.07, 6.45) is 4.36. The molecule has 35 heavy (non-hydrogen) atoms. The number of benzene rings is 1. The normalized spacial score (nSPS) is 21.5. The van der Waals surface area contributed by atoms with Gasteiger partial charge in [0.25, 0.3) is 0 Å². The second kappa shape index (κ2) is 10.4. The van der Waals surface area contributed by atoms with Gasteiger partial charge in [-0.3, -0.25) is 9.69 Å². The fourth-order valence-electron chi connectivity index (χ4n) is 5.51. The number of piperidine rings is 1. The fraction of sp³-hybridized carbons (Fsp3) is 0.538. The maximum absolute atomic E-state index is 12.6. The van der Waals surface area contributed by atoms with Crippen LogP contribution in [0.5, 0.6) is 0 Å². The molecule has 1 amide bonds. The molecule has 6 nitrogen and oxygen atoms in total. The van der Waals surface area contributed by atoms with E-state index in [4.69, 9.17) is 14.3 Å². The highest BCUT2D eigenvalue weighted by Crippen LogP contribution is 2.52. The van der Waals surface area contributed by atoms with Crippen molar-refractivity contribution in [2.45, 2.75) is 75.0 Å². The number of carboxylic acid groups (broad SMARTS) is 1. The first-order valence-electron chi connectivity index (χ1n) is 12.1. The third-order valence-corrected chi connectivity index (χ3v) is 7.53. The van der Waals surface area contributed by atoms with Crippen LogP contribution in [-0.2, 0) is 21.5 Å². The van der Waals surface area contributed by atoms with Crippen molar-refractivity contribution in [2.24, 2.45) is 0 Å². The minimum atomic E-state index is -5.08. The minimum Gasteiger partial charge on any atom is -0.475 e. The third-order valence-electron chi connectivity index (χ3n) is 7.53. The lowest BCUT2D eigenvalue weighted by molar-refractivity contribution is -0.192. The standard InChI is InChI=1S/C24H30N2O2.C2HF3O2/c27-23(25-19-5-3-6-19)15-18-16-24(22-9-2-1-8-21(18)22)10-12-26(13-11-24)17-20-7-4-14-28-20;3-2(4,5)1(6)7/h1-2,4,7-9,14,18-19H,3,5-6,10-13,15-17H2,(H,25,27);(H,6,7). The second-order valence-corrected chi connectivity index (χ2v) is 9.83. The fourth-order valence-corrected chi connectivity index (χ4v) is 5.51. The molecule has 1 unspecified atom stereocenters. The number of carbonyl (C=O) groups is 2. The number of rotatable bonds is 5. The van der Waals surface area contributed by atoms with Gasteiger partial charge in [-0.2, -0.15) is 13.2 Å². The average Bonchev–Trinajstić information content (AvgIpc) is 3.40. The van der Waals surface area contributed by atoms with Crippen molar-refractivity contribution >= 4 is 11.9 Å². The Morgan fingerprint density at radius 2 is 1.80 bits per heavy atom. The van der Waals surface area contributed by atoms with Crippen LogP contribution in [0.3, 0.4) is 0 Å². The van der Waals surface area contributed by atoms with E-state index in [0.717, 1.165) is 44.7 Å². The van der Waals surface area contributed by atoms with E-state index >= 15 is 0 Å². The molecule has 1 atom stereocenters. The van der Waals surface area contributed by atoms with Gasteiger partial charge in [-0.05, 0) is 86.2 Å². The number of hydrogen-bond acceptors (Lipinski definition) is 4. The predicted molar refractivity (Wildman–Crippen MR) is 123 cm³/mol. The van der Waals surface area contributed by atoms with Crippen LogP contribution in [0.15, 0.2) is 47.1 Å². The van der Waals surface area contributed by atoms with Crippen LogP contribution in [0.25, 0.3) is 0 Å². The molecule has 190 valence electrons. The Morgan fingerprint density at radius 1 is 1.11 bits per heavy atom. The third kappa shape index (κ3) is 6.07. The van der Waals surface area contributed by atoms with Gasteiger partial charge in [0.1, 0.15) is 5.76 Å². The molecule has 9 heteroatoms. The zero-order valence-corrected chi connectivity index (χ0v) is 19.5. The van der Waals surface area contributed by atoms with E-state index in [9.17, 15) is 18.0 Å². The van der Waals surface area contributed by atoms with E-state index in [0.29, 0.717) is 18.4 Å². The van der Waals surface area contributed by atoms with Gasteiger partial charge in [0.2, 0.25) is 5.91 Å². The van der Waals surface area contributed by atoms with Crippen molar-refractivity contribution in [3.63, 3.8) is 0 Å². The summed E-state index contributed by atoms with van der Waals surface area (Å²) in [5.74, 6) is -1.09. The first kappa shape index (κ1) is 25.3. The van der Waals surface area contributed by atoms with Crippen molar-refractivity contribution in [1.82, 2.24) is 10.2 Å². The topological polar surface area (TPSA) is 82.8 Å². The summed E-state index contributed by atoms with van der Waals surface area (Å²) < 4.78 is 37.3. The highest BCUT2D eigenvalue weighted by molar-refractivity contribution is 5.77. The van der Waals surface area contributed by atoms with Crippen LogP contribution in [-0.4, -0.2) is 47.2 Å². The molecule has 1 aromatic heterocycles. The van der Waals surface area contributed by atoms with Gasteiger partial charge in [-0.25, -0.2) is 4.79 Å². The number of carboxylic acids is 1. The van der Waals surface area contributed by atoms with Gasteiger partial charge in [0.05, 0.1) is 12.8 Å². The van der Waals surface area contributed by atoms with E-state index < -0.39 is 12.1 Å². The van der Waals surface area contributed by atoms with Crippen LogP contribution in [0.1, 0.15) is 67.8 Å². The molecule has 3 aliphatic rings. The van der Waals surface area contributed by atoms with Gasteiger partial charge in [0, 0.05) is 12.5 Å². The summed E-state index contributed by atoms with van der Waals surface area (Å²) in [5.41, 5.74) is 3.18. The van der Waals surface area contributed by atoms with E-state index in [1.807, 2.05) is 6.07 Å². The van der Waals surface area contributed by atoms with Crippen LogP contribution in [0.2, 0.25) is 0 Å². The van der Waals surface area contributed by atoms with Crippen molar-refractivity contribution < 1.29 is 32.3 Å². The summed E-state index contributed by atoms with van der Waals surface area (Å²) in [6.45, 7) is 3.09. The maximum Gasteiger partial charge on any atom is 0.490 e. The zero-order valence-electron chi connectivity index (χ0n) is 19.5. The number of likely N-dealkylation sites (tertiary alicyclic amines) is 1. The molecular formula is C26H31F3N2O4. The minimum absolute atomic E-state index is 0.247. The summed E-state index contributed by atoms with van der Waals surface area (Å²) in [4.78, 5) is 24.0. The molecule has 2 N–H and O–H groups in total. The van der Waals surface area contributed by atoms with Crippen LogP contribution >= 0.6 is 0 Å². The van der Waals surface area contributed by atoms with E-state index in [1.54, 1.807) is 6.26 Å². The number of nitrogens with one attached hydrogen (secondary N) is 1. The quantitative estimate of drug-likeness (QED) is 0.614. The van der Waals surface area contributed by atoms with Gasteiger partial charge in [-0.1, -0.05) is 24.3 Å². The number of nitrogens with zero attached hydrogens (tertiary/aromatic N) is 1. The Bertz CT molecular complexity index is 1010. The monoisotopic (exact) mass is 492 g/mol. The Morgan fingerprint density at radius 3 is 2.37 bits per heavy atom. The van der Waals surface area contributed by atoms with Crippen molar-refractivity contribution in [3.8, 4) is 0 Å². The number of aliphatic carboxylic acids is 1. The maximum atomic E-state index is 12.6. The predicted octanol–water partition coefficient (Wildman–Crippen LogP) is 4.99. The molecular weight excluding hydrogens is 461 g/mol. The van der Waals surface area contributed by atoms with E-state index in [-0.39, 0.29) is 11.3 Å². The summed E-state index contributed by atoms with van der Waals surface area (Å²) in [7, 11) is 0. The molecule has 1 aromatic carbocycles. The van der Waals surface area contributed by atoms with Crippen molar-refractivity contribution in [2.75, 3.05) is 13.1 Å². The molecule has 0 radical (unpaired) electrons. The Balaban J connectivity index is 0.000000364.